The van der Waals surface area contributed by atoms with Gasteiger partial charge in [-0.15, -0.1) is 0 Å². The maximum atomic E-state index is 12.3. The Bertz CT molecular complexity index is 992. The van der Waals surface area contributed by atoms with E-state index in [1.165, 1.54) is 13.2 Å². The van der Waals surface area contributed by atoms with Crippen molar-refractivity contribution in [2.45, 2.75) is 20.4 Å². The van der Waals surface area contributed by atoms with E-state index < -0.39 is 0 Å². The van der Waals surface area contributed by atoms with Crippen LogP contribution in [-0.4, -0.2) is 33.4 Å². The normalized spacial score (nSPS) is 11.6. The number of phenols is 1. The highest BCUT2D eigenvalue weighted by Crippen LogP contribution is 2.23. The largest absolute Gasteiger partial charge is 0.507 e. The zero-order valence-corrected chi connectivity index (χ0v) is 14.9. The molecule has 2 N–H and O–H groups in total. The number of benzene rings is 2. The molecule has 3 aromatic rings. The molecule has 0 fully saturated rings. The van der Waals surface area contributed by atoms with Crippen LogP contribution in [0.5, 0.6) is 11.5 Å². The molecule has 0 bridgehead atoms. The van der Waals surface area contributed by atoms with E-state index in [0.29, 0.717) is 17.0 Å². The monoisotopic (exact) mass is 352 g/mol. The first-order chi connectivity index (χ1) is 12.5. The topological polar surface area (TPSA) is 88.7 Å². The van der Waals surface area contributed by atoms with Crippen molar-refractivity contribution in [1.29, 1.82) is 0 Å². The predicted octanol–water partition coefficient (Wildman–Crippen LogP) is 2.60. The number of hydrazone groups is 1. The van der Waals surface area contributed by atoms with Crippen LogP contribution in [0.4, 0.5) is 0 Å². The van der Waals surface area contributed by atoms with Gasteiger partial charge in [-0.2, -0.15) is 5.10 Å². The van der Waals surface area contributed by atoms with Gasteiger partial charge in [0.2, 0.25) is 0 Å². The molecular weight excluding hydrogens is 332 g/mol. The maximum Gasteiger partial charge on any atom is 0.260 e. The molecule has 134 valence electrons. The van der Waals surface area contributed by atoms with Crippen molar-refractivity contribution in [3.8, 4) is 11.5 Å². The lowest BCUT2D eigenvalue weighted by molar-refractivity contribution is -0.121. The molecule has 0 spiro atoms. The lowest BCUT2D eigenvalue weighted by atomic mass is 10.1. The Labute approximate surface area is 150 Å². The van der Waals surface area contributed by atoms with Crippen LogP contribution in [0.2, 0.25) is 0 Å². The van der Waals surface area contributed by atoms with Crippen molar-refractivity contribution < 1.29 is 14.6 Å². The smallest absolute Gasteiger partial charge is 0.260 e. The summed E-state index contributed by atoms with van der Waals surface area (Å²) in [4.78, 5) is 16.7. The van der Waals surface area contributed by atoms with Gasteiger partial charge in [0, 0.05) is 11.6 Å². The van der Waals surface area contributed by atoms with Gasteiger partial charge < -0.3 is 14.4 Å². The molecule has 0 unspecified atom stereocenters. The van der Waals surface area contributed by atoms with Crippen LogP contribution in [0.3, 0.4) is 0 Å². The summed E-state index contributed by atoms with van der Waals surface area (Å²) in [6.07, 6.45) is 0. The van der Waals surface area contributed by atoms with Gasteiger partial charge in [0.1, 0.15) is 23.9 Å². The summed E-state index contributed by atoms with van der Waals surface area (Å²) in [5, 5.41) is 14.1. The molecule has 0 aliphatic heterocycles. The fourth-order valence-corrected chi connectivity index (χ4v) is 2.73. The van der Waals surface area contributed by atoms with Gasteiger partial charge in [0.15, 0.2) is 0 Å². The van der Waals surface area contributed by atoms with Gasteiger partial charge in [0.25, 0.3) is 5.91 Å². The van der Waals surface area contributed by atoms with Crippen molar-refractivity contribution >= 4 is 22.7 Å². The number of fused-ring (bicyclic) bond motifs is 1. The molecule has 1 amide bonds. The van der Waals surface area contributed by atoms with Crippen LogP contribution in [0.1, 0.15) is 18.3 Å². The zero-order valence-electron chi connectivity index (χ0n) is 14.9. The number of nitrogens with zero attached hydrogens (tertiary/aromatic N) is 3. The highest BCUT2D eigenvalue weighted by atomic mass is 16.5. The molecule has 0 aliphatic carbocycles. The lowest BCUT2D eigenvalue weighted by Crippen LogP contribution is -2.24. The number of amides is 1. The van der Waals surface area contributed by atoms with Gasteiger partial charge in [-0.1, -0.05) is 12.1 Å². The average Bonchev–Trinajstić information content (AvgIpc) is 2.95. The first kappa shape index (κ1) is 17.5. The number of nitrogens with one attached hydrogen (secondary N) is 1. The van der Waals surface area contributed by atoms with E-state index in [2.05, 4.69) is 15.5 Å². The van der Waals surface area contributed by atoms with Crippen LogP contribution in [-0.2, 0) is 11.3 Å². The summed E-state index contributed by atoms with van der Waals surface area (Å²) in [5.41, 5.74) is 5.28. The molecular formula is C19H20N4O3. The van der Waals surface area contributed by atoms with E-state index in [0.717, 1.165) is 16.9 Å². The number of aryl methyl sites for hydroxylation is 1. The highest BCUT2D eigenvalue weighted by molar-refractivity contribution is 6.01. The Morgan fingerprint density at radius 2 is 2.08 bits per heavy atom. The Hall–Kier alpha value is -3.35. The minimum Gasteiger partial charge on any atom is -0.507 e. The summed E-state index contributed by atoms with van der Waals surface area (Å²) in [6, 6.07) is 12.6. The van der Waals surface area contributed by atoms with E-state index in [-0.39, 0.29) is 18.2 Å². The third-order valence-corrected chi connectivity index (χ3v) is 4.09. The van der Waals surface area contributed by atoms with Crippen molar-refractivity contribution in [1.82, 2.24) is 15.0 Å². The number of hydrogen-bond acceptors (Lipinski definition) is 5. The Kier molecular flexibility index (Phi) is 4.88. The first-order valence-corrected chi connectivity index (χ1v) is 8.12. The maximum absolute atomic E-state index is 12.3. The molecule has 26 heavy (non-hydrogen) atoms. The van der Waals surface area contributed by atoms with Gasteiger partial charge in [-0.25, -0.2) is 10.4 Å². The van der Waals surface area contributed by atoms with Crippen LogP contribution in [0, 0.1) is 6.92 Å². The fourth-order valence-electron chi connectivity index (χ4n) is 2.73. The van der Waals surface area contributed by atoms with Crippen molar-refractivity contribution in [3.05, 3.63) is 53.9 Å². The van der Waals surface area contributed by atoms with E-state index in [9.17, 15) is 9.90 Å². The standard InChI is InChI=1S/C19H20N4O3/c1-12(15-9-8-14(26-3)10-18(15)24)21-22-19(25)11-23-13(2)20-16-6-4-5-7-17(16)23/h4-10,24H,11H2,1-3H3,(H,22,25)/b21-12+. The SMILES string of the molecule is COc1ccc(/C(C)=N/NC(=O)Cn2c(C)nc3ccccc32)c(O)c1. The molecule has 7 heteroatoms. The molecule has 3 rings (SSSR count). The second-order valence-electron chi connectivity index (χ2n) is 5.85. The van der Waals surface area contributed by atoms with Crippen molar-refractivity contribution in [2.75, 3.05) is 7.11 Å². The van der Waals surface area contributed by atoms with Gasteiger partial charge in [-0.05, 0) is 38.1 Å². The number of aromatic nitrogens is 2. The second-order valence-corrected chi connectivity index (χ2v) is 5.85. The molecule has 0 saturated carbocycles. The van der Waals surface area contributed by atoms with E-state index in [1.807, 2.05) is 35.8 Å². The minimum absolute atomic E-state index is 0.0382. The molecule has 0 aliphatic rings. The lowest BCUT2D eigenvalue weighted by Gasteiger charge is -2.08. The van der Waals surface area contributed by atoms with E-state index in [4.69, 9.17) is 4.74 Å². The van der Waals surface area contributed by atoms with Crippen LogP contribution < -0.4 is 10.2 Å². The molecule has 1 aromatic heterocycles. The number of rotatable bonds is 5. The predicted molar refractivity (Wildman–Crippen MR) is 99.5 cm³/mol. The number of imidazole rings is 1. The number of para-hydroxylation sites is 2. The average molecular weight is 352 g/mol. The number of methoxy groups -OCH3 is 1. The molecule has 1 heterocycles. The molecule has 0 saturated heterocycles. The highest BCUT2D eigenvalue weighted by Gasteiger charge is 2.11. The summed E-state index contributed by atoms with van der Waals surface area (Å²) in [5.74, 6) is 1.07. The van der Waals surface area contributed by atoms with Gasteiger partial charge in [0.05, 0.1) is 23.9 Å². The minimum atomic E-state index is -0.274. The summed E-state index contributed by atoms with van der Waals surface area (Å²) < 4.78 is 6.89. The summed E-state index contributed by atoms with van der Waals surface area (Å²) in [7, 11) is 1.53. The Morgan fingerprint density at radius 1 is 1.31 bits per heavy atom. The third-order valence-electron chi connectivity index (χ3n) is 4.09. The molecule has 2 aromatic carbocycles. The van der Waals surface area contributed by atoms with Crippen LogP contribution in [0.15, 0.2) is 47.6 Å². The summed E-state index contributed by atoms with van der Waals surface area (Å²) in [6.45, 7) is 3.68. The Balaban J connectivity index is 1.73. The van der Waals surface area contributed by atoms with Crippen LogP contribution >= 0.6 is 0 Å². The number of phenolic OH excluding ortho intramolecular Hbond substituents is 1. The van der Waals surface area contributed by atoms with E-state index in [1.54, 1.807) is 19.1 Å². The molecule has 7 nitrogen and oxygen atoms in total. The molecule has 0 atom stereocenters. The quantitative estimate of drug-likeness (QED) is 0.546. The van der Waals surface area contributed by atoms with Crippen LogP contribution in [0.25, 0.3) is 11.0 Å². The number of hydrogen-bond donors (Lipinski definition) is 2. The molecule has 0 radical (unpaired) electrons. The number of aromatic hydroxyl groups is 1. The van der Waals surface area contributed by atoms with E-state index >= 15 is 0 Å². The fraction of sp³-hybridized carbons (Fsp3) is 0.211. The number of carbonyl (C=O) groups excluding carboxylic acids is 1. The Morgan fingerprint density at radius 3 is 2.81 bits per heavy atom. The van der Waals surface area contributed by atoms with Crippen molar-refractivity contribution in [2.24, 2.45) is 5.10 Å². The number of ether oxygens (including phenoxy) is 1. The third kappa shape index (κ3) is 3.51. The zero-order chi connectivity index (χ0) is 18.7. The second kappa shape index (κ2) is 7.26. The first-order valence-electron chi connectivity index (χ1n) is 8.12. The van der Waals surface area contributed by atoms with Gasteiger partial charge in [-0.3, -0.25) is 4.79 Å². The number of carbonyl (C=O) groups is 1. The summed E-state index contributed by atoms with van der Waals surface area (Å²) >= 11 is 0. The van der Waals surface area contributed by atoms with Gasteiger partial charge >= 0.3 is 0 Å². The van der Waals surface area contributed by atoms with Crippen molar-refractivity contribution in [3.63, 3.8) is 0 Å².